The number of carboxylic acids is 1. The zero-order valence-corrected chi connectivity index (χ0v) is 13.3. The molecule has 1 aromatic carbocycles. The molecule has 0 aliphatic heterocycles. The second-order valence-corrected chi connectivity index (χ2v) is 5.27. The topological polar surface area (TPSA) is 52.6 Å². The zero-order chi connectivity index (χ0) is 15.1. The molecule has 20 heavy (non-hydrogen) atoms. The van der Waals surface area contributed by atoms with E-state index in [4.69, 9.17) is 0 Å². The molecule has 0 saturated heterocycles. The number of nitrogens with one attached hydrogen (secondary N) is 1. The highest BCUT2D eigenvalue weighted by Crippen LogP contribution is 2.24. The lowest BCUT2D eigenvalue weighted by molar-refractivity contribution is -0.139. The number of likely N-dealkylation sites (N-methyl/N-ethyl adjacent to an activating group) is 1. The number of benzene rings is 1. The molecule has 0 aliphatic carbocycles. The molecule has 1 atom stereocenters. The summed E-state index contributed by atoms with van der Waals surface area (Å²) in [4.78, 5) is 13.6. The Kier molecular flexibility index (Phi) is 7.12. The van der Waals surface area contributed by atoms with Crippen molar-refractivity contribution < 1.29 is 14.3 Å². The van der Waals surface area contributed by atoms with Crippen molar-refractivity contribution in [2.75, 3.05) is 26.2 Å². The fourth-order valence-electron chi connectivity index (χ4n) is 1.97. The third-order valence-corrected chi connectivity index (χ3v) is 3.88. The number of nitrogens with zero attached hydrogens (tertiary/aromatic N) is 1. The maximum absolute atomic E-state index is 13.1. The summed E-state index contributed by atoms with van der Waals surface area (Å²) in [5.41, 5.74) is 0.526. The second kappa shape index (κ2) is 8.34. The lowest BCUT2D eigenvalue weighted by Gasteiger charge is -2.21. The van der Waals surface area contributed by atoms with Gasteiger partial charge in [0.1, 0.15) is 11.9 Å². The van der Waals surface area contributed by atoms with Gasteiger partial charge in [-0.3, -0.25) is 10.1 Å². The monoisotopic (exact) mass is 346 g/mol. The van der Waals surface area contributed by atoms with Gasteiger partial charge < -0.3 is 10.0 Å². The number of hydrogen-bond acceptors (Lipinski definition) is 3. The number of halogens is 2. The Hall–Kier alpha value is -0.980. The van der Waals surface area contributed by atoms with Crippen molar-refractivity contribution in [2.24, 2.45) is 0 Å². The van der Waals surface area contributed by atoms with Crippen LogP contribution >= 0.6 is 15.9 Å². The van der Waals surface area contributed by atoms with Crippen LogP contribution in [0.15, 0.2) is 22.7 Å². The Labute approximate surface area is 127 Å². The van der Waals surface area contributed by atoms with E-state index >= 15 is 0 Å². The SMILES string of the molecule is CCN(CC)CCNC(C(=O)O)c1ccc(F)cc1Br. The van der Waals surface area contributed by atoms with Gasteiger partial charge in [0.2, 0.25) is 0 Å². The number of hydrogen-bond donors (Lipinski definition) is 2. The summed E-state index contributed by atoms with van der Waals surface area (Å²) in [6, 6.07) is 3.18. The second-order valence-electron chi connectivity index (χ2n) is 4.42. The molecule has 6 heteroatoms. The van der Waals surface area contributed by atoms with E-state index in [-0.39, 0.29) is 0 Å². The molecule has 0 saturated carbocycles. The van der Waals surface area contributed by atoms with Gasteiger partial charge in [-0.1, -0.05) is 35.8 Å². The maximum Gasteiger partial charge on any atom is 0.325 e. The molecule has 0 bridgehead atoms. The summed E-state index contributed by atoms with van der Waals surface area (Å²) in [5, 5.41) is 12.3. The summed E-state index contributed by atoms with van der Waals surface area (Å²) in [6.45, 7) is 7.31. The van der Waals surface area contributed by atoms with E-state index in [9.17, 15) is 14.3 Å². The molecule has 0 aromatic heterocycles. The third kappa shape index (κ3) is 4.85. The Balaban J connectivity index is 2.72. The van der Waals surface area contributed by atoms with Gasteiger partial charge in [-0.2, -0.15) is 0 Å². The van der Waals surface area contributed by atoms with Crippen LogP contribution in [0.4, 0.5) is 4.39 Å². The normalized spacial score (nSPS) is 12.7. The van der Waals surface area contributed by atoms with Gasteiger partial charge in [-0.15, -0.1) is 0 Å². The van der Waals surface area contributed by atoms with E-state index in [2.05, 4.69) is 40.0 Å². The molecule has 0 amide bonds. The number of aliphatic carboxylic acids is 1. The minimum atomic E-state index is -0.975. The molecule has 0 radical (unpaired) electrons. The molecular weight excluding hydrogens is 327 g/mol. The summed E-state index contributed by atoms with van der Waals surface area (Å²) in [6.07, 6.45) is 0. The quantitative estimate of drug-likeness (QED) is 0.759. The van der Waals surface area contributed by atoms with Gasteiger partial charge in [-0.05, 0) is 30.8 Å². The fraction of sp³-hybridized carbons (Fsp3) is 0.500. The Bertz CT molecular complexity index is 453. The smallest absolute Gasteiger partial charge is 0.325 e. The minimum Gasteiger partial charge on any atom is -0.480 e. The van der Waals surface area contributed by atoms with Crippen LogP contribution < -0.4 is 5.32 Å². The van der Waals surface area contributed by atoms with E-state index < -0.39 is 17.8 Å². The van der Waals surface area contributed by atoms with Crippen LogP contribution in [0, 0.1) is 5.82 Å². The van der Waals surface area contributed by atoms with Gasteiger partial charge in [0.05, 0.1) is 0 Å². The van der Waals surface area contributed by atoms with Crippen molar-refractivity contribution >= 4 is 21.9 Å². The molecule has 4 nitrogen and oxygen atoms in total. The highest BCUT2D eigenvalue weighted by molar-refractivity contribution is 9.10. The predicted octanol–water partition coefficient (Wildman–Crippen LogP) is 2.65. The Morgan fingerprint density at radius 3 is 2.60 bits per heavy atom. The van der Waals surface area contributed by atoms with Crippen LogP contribution in [0.3, 0.4) is 0 Å². The average Bonchev–Trinajstić information content (AvgIpc) is 2.40. The largest absolute Gasteiger partial charge is 0.480 e. The van der Waals surface area contributed by atoms with Gasteiger partial charge in [0.25, 0.3) is 0 Å². The van der Waals surface area contributed by atoms with Crippen LogP contribution in [0.1, 0.15) is 25.5 Å². The van der Waals surface area contributed by atoms with Gasteiger partial charge in [0.15, 0.2) is 0 Å². The zero-order valence-electron chi connectivity index (χ0n) is 11.7. The first-order valence-corrected chi connectivity index (χ1v) is 7.42. The van der Waals surface area contributed by atoms with Crippen molar-refractivity contribution in [2.45, 2.75) is 19.9 Å². The number of carboxylic acid groups (broad SMARTS) is 1. The first-order valence-electron chi connectivity index (χ1n) is 6.63. The molecule has 1 rings (SSSR count). The fourth-order valence-corrected chi connectivity index (χ4v) is 2.55. The van der Waals surface area contributed by atoms with E-state index in [1.54, 1.807) is 0 Å². The molecule has 0 spiro atoms. The highest BCUT2D eigenvalue weighted by Gasteiger charge is 2.21. The lowest BCUT2D eigenvalue weighted by Crippen LogP contribution is -2.36. The van der Waals surface area contributed by atoms with Crippen molar-refractivity contribution in [3.63, 3.8) is 0 Å². The molecule has 0 aliphatic rings. The van der Waals surface area contributed by atoms with Crippen molar-refractivity contribution in [3.8, 4) is 0 Å². The van der Waals surface area contributed by atoms with Crippen LogP contribution in [0.25, 0.3) is 0 Å². The first kappa shape index (κ1) is 17.1. The van der Waals surface area contributed by atoms with Crippen molar-refractivity contribution in [1.82, 2.24) is 10.2 Å². The number of carbonyl (C=O) groups is 1. The van der Waals surface area contributed by atoms with Crippen LogP contribution in [-0.4, -0.2) is 42.2 Å². The highest BCUT2D eigenvalue weighted by atomic mass is 79.9. The summed E-state index contributed by atoms with van der Waals surface area (Å²) in [7, 11) is 0. The predicted molar refractivity (Wildman–Crippen MR) is 80.3 cm³/mol. The Morgan fingerprint density at radius 2 is 2.10 bits per heavy atom. The third-order valence-electron chi connectivity index (χ3n) is 3.19. The Morgan fingerprint density at radius 1 is 1.45 bits per heavy atom. The van der Waals surface area contributed by atoms with E-state index in [0.29, 0.717) is 16.6 Å². The molecule has 1 unspecified atom stereocenters. The van der Waals surface area contributed by atoms with Gasteiger partial charge in [0, 0.05) is 17.6 Å². The standard InChI is InChI=1S/C14H20BrFN2O2/c1-3-18(4-2)8-7-17-13(14(19)20)11-6-5-10(16)9-12(11)15/h5-6,9,13,17H,3-4,7-8H2,1-2H3,(H,19,20). The van der Waals surface area contributed by atoms with E-state index in [1.807, 2.05) is 0 Å². The van der Waals surface area contributed by atoms with Crippen molar-refractivity contribution in [3.05, 3.63) is 34.1 Å². The first-order chi connectivity index (χ1) is 9.49. The molecule has 2 N–H and O–H groups in total. The molecule has 112 valence electrons. The summed E-state index contributed by atoms with van der Waals surface area (Å²) < 4.78 is 13.5. The molecule has 0 fully saturated rings. The van der Waals surface area contributed by atoms with E-state index in [1.165, 1.54) is 18.2 Å². The maximum atomic E-state index is 13.1. The number of rotatable bonds is 8. The van der Waals surface area contributed by atoms with Gasteiger partial charge >= 0.3 is 5.97 Å². The summed E-state index contributed by atoms with van der Waals surface area (Å²) >= 11 is 3.21. The molecule has 0 heterocycles. The lowest BCUT2D eigenvalue weighted by atomic mass is 10.1. The van der Waals surface area contributed by atoms with E-state index in [0.717, 1.165) is 19.6 Å². The molecular formula is C14H20BrFN2O2. The van der Waals surface area contributed by atoms with Gasteiger partial charge in [-0.25, -0.2) is 4.39 Å². The minimum absolute atomic E-state index is 0.395. The van der Waals surface area contributed by atoms with Crippen LogP contribution in [0.5, 0.6) is 0 Å². The van der Waals surface area contributed by atoms with Crippen LogP contribution in [-0.2, 0) is 4.79 Å². The van der Waals surface area contributed by atoms with Crippen molar-refractivity contribution in [1.29, 1.82) is 0 Å². The van der Waals surface area contributed by atoms with Crippen LogP contribution in [0.2, 0.25) is 0 Å². The average molecular weight is 347 g/mol. The molecule has 1 aromatic rings. The summed E-state index contributed by atoms with van der Waals surface area (Å²) in [5.74, 6) is -1.37.